The molecule has 0 fully saturated rings. The van der Waals surface area contributed by atoms with Crippen LogP contribution >= 0.6 is 0 Å². The fraction of sp³-hybridized carbons (Fsp3) is 0.0312. The predicted octanol–water partition coefficient (Wildman–Crippen LogP) is 35.2. The molecule has 2 aliphatic carbocycles. The maximum atomic E-state index is 15.1. The molecular weight excluding hydrogens is 1690 g/mol. The van der Waals surface area contributed by atoms with Crippen molar-refractivity contribution in [3.8, 4) is 78.1 Å². The lowest BCUT2D eigenvalue weighted by Gasteiger charge is -2.35. The maximum Gasteiger partial charge on any atom is 0.198 e. The first-order chi connectivity index (χ1) is 67.3. The summed E-state index contributed by atoms with van der Waals surface area (Å²) in [5.74, 6) is -6.73. The smallest absolute Gasteiger partial charge is 0.198 e. The SMILES string of the molecule is CC1(C)c2ccccc2-c2ccc(N(c3ccc(-c4ccc(F)cc4)cc3)c3ccc(-c4ccc5c(c4)c4ccccc4n5-c4ccc5c6ccccc6c6ccccc6c5c4)cc3)cc21.Fc1c(F)c(F)c2cc(-c3ccc(N(c4ccc(-c5ccc6c(c5)c5ccccc5n6-c5ccccc5)cc4)c4ccc5c(c4)C(c4ccccc4)(c4ccccc4)c4ccccc4-5)cc3)ccc2c1F. The average molecular weight is 1770 g/mol. The van der Waals surface area contributed by atoms with Crippen LogP contribution in [0.5, 0.6) is 0 Å². The van der Waals surface area contributed by atoms with E-state index in [9.17, 15) is 17.6 Å². The summed E-state index contributed by atoms with van der Waals surface area (Å²) in [5, 5.41) is 11.8. The Labute approximate surface area is 788 Å². The first-order valence-electron chi connectivity index (χ1n) is 46.4. The van der Waals surface area contributed by atoms with Gasteiger partial charge in [-0.3, -0.25) is 0 Å². The zero-order valence-corrected chi connectivity index (χ0v) is 74.6. The van der Waals surface area contributed by atoms with Crippen molar-refractivity contribution >= 4 is 121 Å². The van der Waals surface area contributed by atoms with Crippen molar-refractivity contribution in [2.75, 3.05) is 9.80 Å². The summed E-state index contributed by atoms with van der Waals surface area (Å²) in [6.07, 6.45) is 0. The number of rotatable bonds is 14. The number of anilines is 6. The molecule has 22 aromatic carbocycles. The van der Waals surface area contributed by atoms with Crippen molar-refractivity contribution in [1.29, 1.82) is 0 Å². The van der Waals surface area contributed by atoms with Crippen LogP contribution in [0.4, 0.5) is 56.1 Å². The molecule has 0 saturated heterocycles. The van der Waals surface area contributed by atoms with Gasteiger partial charge in [-0.25, -0.2) is 22.0 Å². The molecule has 0 unspecified atom stereocenters. The van der Waals surface area contributed by atoms with Crippen molar-refractivity contribution in [1.82, 2.24) is 9.13 Å². The van der Waals surface area contributed by atoms with Gasteiger partial charge in [0.15, 0.2) is 23.3 Å². The molecule has 2 aromatic heterocycles. The summed E-state index contributed by atoms with van der Waals surface area (Å²) in [4.78, 5) is 4.59. The second-order valence-corrected chi connectivity index (χ2v) is 36.4. The van der Waals surface area contributed by atoms with E-state index in [1.807, 2.05) is 42.5 Å². The quantitative estimate of drug-likeness (QED) is 0.0467. The van der Waals surface area contributed by atoms with Crippen LogP contribution in [0.15, 0.2) is 467 Å². The van der Waals surface area contributed by atoms with Gasteiger partial charge in [-0.15, -0.1) is 0 Å². The van der Waals surface area contributed by atoms with Crippen LogP contribution in [0, 0.1) is 29.1 Å². The van der Waals surface area contributed by atoms with Gasteiger partial charge in [-0.1, -0.05) is 329 Å². The van der Waals surface area contributed by atoms with Gasteiger partial charge in [0.25, 0.3) is 0 Å². The minimum absolute atomic E-state index is 0.136. The van der Waals surface area contributed by atoms with Crippen LogP contribution in [0.1, 0.15) is 47.2 Å². The molecule has 24 aromatic rings. The number of halogens is 5. The van der Waals surface area contributed by atoms with Crippen molar-refractivity contribution < 1.29 is 22.0 Å². The zero-order chi connectivity index (χ0) is 91.9. The molecule has 137 heavy (non-hydrogen) atoms. The van der Waals surface area contributed by atoms with Gasteiger partial charge in [0.05, 0.1) is 27.5 Å². The highest BCUT2D eigenvalue weighted by atomic mass is 19.2. The average Bonchev–Trinajstić information content (AvgIpc) is 1.53. The van der Waals surface area contributed by atoms with E-state index in [-0.39, 0.29) is 22.0 Å². The molecular formula is C128H83F5N4. The number of para-hydroxylation sites is 3. The third-order valence-electron chi connectivity index (χ3n) is 28.6. The monoisotopic (exact) mass is 1770 g/mol. The maximum absolute atomic E-state index is 15.1. The topological polar surface area (TPSA) is 16.3 Å². The van der Waals surface area contributed by atoms with Gasteiger partial charge in [0.1, 0.15) is 5.82 Å². The fourth-order valence-corrected chi connectivity index (χ4v) is 22.2. The van der Waals surface area contributed by atoms with Gasteiger partial charge < -0.3 is 18.9 Å². The number of benzene rings is 22. The van der Waals surface area contributed by atoms with Crippen LogP contribution < -0.4 is 9.80 Å². The second kappa shape index (κ2) is 32.6. The molecule has 0 N–H and O–H groups in total. The number of nitrogens with zero attached hydrogens (tertiary/aromatic N) is 4. The van der Waals surface area contributed by atoms with E-state index >= 15 is 4.39 Å². The Hall–Kier alpha value is -17.3. The first-order valence-corrected chi connectivity index (χ1v) is 46.4. The number of hydrogen-bond donors (Lipinski definition) is 0. The molecule has 0 aliphatic heterocycles. The summed E-state index contributed by atoms with van der Waals surface area (Å²) < 4.78 is 77.0. The van der Waals surface area contributed by atoms with Crippen LogP contribution in [0.2, 0.25) is 0 Å². The Balaban J connectivity index is 0.000000146. The zero-order valence-electron chi connectivity index (χ0n) is 74.6. The molecule has 2 heterocycles. The molecule has 0 spiro atoms. The lowest BCUT2D eigenvalue weighted by molar-refractivity contribution is 0.418. The highest BCUT2D eigenvalue weighted by Gasteiger charge is 2.47. The van der Waals surface area contributed by atoms with E-state index in [1.54, 1.807) is 6.07 Å². The van der Waals surface area contributed by atoms with Crippen molar-refractivity contribution in [2.24, 2.45) is 0 Å². The van der Waals surface area contributed by atoms with Gasteiger partial charge in [0.2, 0.25) is 0 Å². The summed E-state index contributed by atoms with van der Waals surface area (Å²) >= 11 is 0. The minimum atomic E-state index is -1.83. The Morgan fingerprint density at radius 2 is 0.511 bits per heavy atom. The molecule has 9 heteroatoms. The Bertz CT molecular complexity index is 8890. The Morgan fingerprint density at radius 1 is 0.190 bits per heavy atom. The van der Waals surface area contributed by atoms with E-state index in [4.69, 9.17) is 0 Å². The van der Waals surface area contributed by atoms with Gasteiger partial charge in [0, 0.05) is 83.2 Å². The van der Waals surface area contributed by atoms with Gasteiger partial charge >= 0.3 is 0 Å². The van der Waals surface area contributed by atoms with Crippen molar-refractivity contribution in [3.05, 3.63) is 530 Å². The number of aromatic nitrogens is 2. The second-order valence-electron chi connectivity index (χ2n) is 36.4. The highest BCUT2D eigenvalue weighted by Crippen LogP contribution is 2.59. The van der Waals surface area contributed by atoms with Gasteiger partial charge in [-0.2, -0.15) is 0 Å². The molecule has 0 bridgehead atoms. The molecule has 0 radical (unpaired) electrons. The molecule has 2 aliphatic rings. The van der Waals surface area contributed by atoms with Crippen LogP contribution in [-0.2, 0) is 10.8 Å². The van der Waals surface area contributed by atoms with E-state index in [0.717, 1.165) is 107 Å². The van der Waals surface area contributed by atoms with E-state index in [2.05, 4.69) is 427 Å². The molecule has 0 atom stereocenters. The molecule has 0 saturated carbocycles. The summed E-state index contributed by atoms with van der Waals surface area (Å²) in [6, 6.07) is 163. The standard InChI is InChI=1S/C65H40F4N2.C63H43FN2/c66-61-54-35-28-43(39-56(54)62(67)64(69)63(61)68)41-24-30-48(31-25-41)70(49-32-26-42(27-33-49)44-29-37-60-55(38-44)53-21-11-13-23-59(53)71(60)47-18-8-3-9-19-47)50-34-36-52-51-20-10-12-22-57(51)65(58(52)40-50,45-14-4-1-5-15-45)46-16-6-2-7-17-46;1-63(2)59-17-9-7-15-54(59)55-35-33-48(39-60(55)63)65(45-28-21-41(22-29-45)40-19-26-44(64)27-20-40)46-30-23-42(24-31-46)43-25-36-62-58(37-43)56-16-8-10-18-61(56)66(62)47-32-34-53-51-13-4-3-11-49(51)50-12-5-6-14-52(50)57(53)38-47/h1-40H;3-39H,1-2H3. The predicted molar refractivity (Wildman–Crippen MR) is 557 cm³/mol. The summed E-state index contributed by atoms with van der Waals surface area (Å²) in [6.45, 7) is 4.66. The van der Waals surface area contributed by atoms with Crippen molar-refractivity contribution in [2.45, 2.75) is 24.7 Å². The van der Waals surface area contributed by atoms with Crippen LogP contribution in [-0.4, -0.2) is 9.13 Å². The third-order valence-corrected chi connectivity index (χ3v) is 28.6. The van der Waals surface area contributed by atoms with E-state index in [1.165, 1.54) is 128 Å². The van der Waals surface area contributed by atoms with E-state index in [0.29, 0.717) is 11.1 Å². The van der Waals surface area contributed by atoms with Gasteiger partial charge in [-0.05, 0) is 284 Å². The number of hydrogen-bond acceptors (Lipinski definition) is 2. The molecule has 650 valence electrons. The summed E-state index contributed by atoms with van der Waals surface area (Å²) in [7, 11) is 0. The largest absolute Gasteiger partial charge is 0.310 e. The minimum Gasteiger partial charge on any atom is -0.310 e. The first kappa shape index (κ1) is 81.7. The van der Waals surface area contributed by atoms with E-state index < -0.39 is 28.7 Å². The molecule has 26 rings (SSSR count). The third kappa shape index (κ3) is 13.3. The molecule has 0 amide bonds. The fourth-order valence-electron chi connectivity index (χ4n) is 22.2. The normalized spacial score (nSPS) is 12.8. The number of fused-ring (bicyclic) bond motifs is 19. The summed E-state index contributed by atoms with van der Waals surface area (Å²) in [5.41, 5.74) is 32.1. The van der Waals surface area contributed by atoms with Crippen LogP contribution in [0.25, 0.3) is 165 Å². The van der Waals surface area contributed by atoms with Crippen molar-refractivity contribution in [3.63, 3.8) is 0 Å². The molecule has 4 nitrogen and oxygen atoms in total. The lowest BCUT2D eigenvalue weighted by atomic mass is 9.67. The Kier molecular flexibility index (Phi) is 19.4. The highest BCUT2D eigenvalue weighted by molar-refractivity contribution is 6.26. The van der Waals surface area contributed by atoms with Crippen LogP contribution in [0.3, 0.4) is 0 Å². The lowest BCUT2D eigenvalue weighted by Crippen LogP contribution is -2.28. The Morgan fingerprint density at radius 3 is 1.00 bits per heavy atom.